The van der Waals surface area contributed by atoms with E-state index >= 15 is 0 Å². The molecule has 0 radical (unpaired) electrons. The number of nitrogens with zero attached hydrogens (tertiary/aromatic N) is 2. The number of hydrogen-bond acceptors (Lipinski definition) is 5. The van der Waals surface area contributed by atoms with E-state index < -0.39 is 0 Å². The van der Waals surface area contributed by atoms with Crippen LogP contribution in [-0.2, 0) is 6.54 Å². The molecule has 5 nitrogen and oxygen atoms in total. The smallest absolute Gasteiger partial charge is 0.276 e. The summed E-state index contributed by atoms with van der Waals surface area (Å²) in [6.45, 7) is 2.98. The van der Waals surface area contributed by atoms with Crippen molar-refractivity contribution >= 4 is 28.8 Å². The molecule has 7 heteroatoms. The van der Waals surface area contributed by atoms with Crippen molar-refractivity contribution in [3.8, 4) is 17.1 Å². The van der Waals surface area contributed by atoms with Crippen LogP contribution >= 0.6 is 22.9 Å². The molecule has 0 aliphatic rings. The van der Waals surface area contributed by atoms with Crippen molar-refractivity contribution in [2.45, 2.75) is 13.5 Å². The molecule has 1 aromatic carbocycles. The van der Waals surface area contributed by atoms with Crippen LogP contribution in [0.25, 0.3) is 11.3 Å². The number of thiophene rings is 1. The molecule has 0 bridgehead atoms. The molecule has 3 aromatic rings. The molecule has 0 saturated carbocycles. The molecule has 130 valence electrons. The molecule has 0 atom stereocenters. The minimum absolute atomic E-state index is 0.183. The fourth-order valence-corrected chi connectivity index (χ4v) is 3.57. The zero-order valence-corrected chi connectivity index (χ0v) is 15.4. The molecular weight excluding hydrogens is 360 g/mol. The van der Waals surface area contributed by atoms with Crippen LogP contribution < -0.4 is 4.74 Å². The number of ether oxygens (including phenoxy) is 1. The molecule has 3 rings (SSSR count). The summed E-state index contributed by atoms with van der Waals surface area (Å²) < 4.78 is 11.4. The van der Waals surface area contributed by atoms with Gasteiger partial charge in [0.1, 0.15) is 5.75 Å². The number of carbonyl (C=O) groups is 1. The third kappa shape index (κ3) is 3.86. The van der Waals surface area contributed by atoms with Crippen LogP contribution in [0.4, 0.5) is 0 Å². The number of halogens is 1. The minimum Gasteiger partial charge on any atom is -0.496 e. The van der Waals surface area contributed by atoms with Crippen LogP contribution in [0.2, 0.25) is 4.34 Å². The second kappa shape index (κ2) is 7.72. The maximum atomic E-state index is 12.7. The van der Waals surface area contributed by atoms with Gasteiger partial charge in [-0.1, -0.05) is 28.9 Å². The van der Waals surface area contributed by atoms with E-state index in [0.29, 0.717) is 28.9 Å². The highest BCUT2D eigenvalue weighted by molar-refractivity contribution is 7.16. The summed E-state index contributed by atoms with van der Waals surface area (Å²) in [6.07, 6.45) is 0. The Balaban J connectivity index is 1.81. The van der Waals surface area contributed by atoms with Crippen molar-refractivity contribution in [1.29, 1.82) is 0 Å². The summed E-state index contributed by atoms with van der Waals surface area (Å²) in [4.78, 5) is 15.5. The first-order valence-electron chi connectivity index (χ1n) is 7.76. The van der Waals surface area contributed by atoms with E-state index in [9.17, 15) is 4.79 Å². The van der Waals surface area contributed by atoms with Gasteiger partial charge >= 0.3 is 0 Å². The van der Waals surface area contributed by atoms with Crippen LogP contribution in [0.5, 0.6) is 5.75 Å². The molecule has 0 saturated heterocycles. The van der Waals surface area contributed by atoms with E-state index in [0.717, 1.165) is 10.4 Å². The maximum Gasteiger partial charge on any atom is 0.276 e. The highest BCUT2D eigenvalue weighted by Crippen LogP contribution is 2.30. The molecule has 2 aromatic heterocycles. The standard InChI is InChI=1S/C18H17ClN2O3S/c1-3-21(11-12-8-9-17(19)25-12)18(22)14-10-16(24-20-14)13-6-4-5-7-15(13)23-2/h4-10H,3,11H2,1-2H3. The second-order valence-corrected chi connectivity index (χ2v) is 7.10. The predicted molar refractivity (Wildman–Crippen MR) is 98.2 cm³/mol. The average Bonchev–Trinajstić information content (AvgIpc) is 3.28. The lowest BCUT2D eigenvalue weighted by atomic mass is 10.1. The first-order chi connectivity index (χ1) is 12.1. The van der Waals surface area contributed by atoms with Crippen molar-refractivity contribution in [3.63, 3.8) is 0 Å². The van der Waals surface area contributed by atoms with Gasteiger partial charge in [-0.3, -0.25) is 4.79 Å². The molecule has 0 aliphatic heterocycles. The van der Waals surface area contributed by atoms with Crippen LogP contribution in [0, 0.1) is 0 Å². The molecule has 2 heterocycles. The van der Waals surface area contributed by atoms with Gasteiger partial charge in [-0.25, -0.2) is 0 Å². The van der Waals surface area contributed by atoms with Crippen molar-refractivity contribution in [2.75, 3.05) is 13.7 Å². The number of carbonyl (C=O) groups excluding carboxylic acids is 1. The Labute approximate surface area is 154 Å². The van der Waals surface area contributed by atoms with E-state index in [1.807, 2.05) is 43.3 Å². The number of amides is 1. The largest absolute Gasteiger partial charge is 0.496 e. The zero-order valence-electron chi connectivity index (χ0n) is 13.9. The summed E-state index contributed by atoms with van der Waals surface area (Å²) in [5, 5.41) is 3.94. The minimum atomic E-state index is -0.183. The van der Waals surface area contributed by atoms with E-state index in [1.54, 1.807) is 18.1 Å². The van der Waals surface area contributed by atoms with Gasteiger partial charge in [0.15, 0.2) is 11.5 Å². The first kappa shape index (κ1) is 17.5. The van der Waals surface area contributed by atoms with E-state index in [4.69, 9.17) is 20.9 Å². The zero-order chi connectivity index (χ0) is 17.8. The Bertz CT molecular complexity index is 875. The highest BCUT2D eigenvalue weighted by Gasteiger charge is 2.21. The Hall–Kier alpha value is -2.31. The molecule has 25 heavy (non-hydrogen) atoms. The van der Waals surface area contributed by atoms with E-state index in [-0.39, 0.29) is 11.6 Å². The fourth-order valence-electron chi connectivity index (χ4n) is 2.47. The number of methoxy groups -OCH3 is 1. The molecule has 0 N–H and O–H groups in total. The molecule has 1 amide bonds. The number of hydrogen-bond donors (Lipinski definition) is 0. The van der Waals surface area contributed by atoms with E-state index in [2.05, 4.69) is 5.16 Å². The quantitative estimate of drug-likeness (QED) is 0.624. The Morgan fingerprint density at radius 1 is 1.32 bits per heavy atom. The van der Waals surface area contributed by atoms with Gasteiger partial charge in [0, 0.05) is 17.5 Å². The van der Waals surface area contributed by atoms with Crippen LogP contribution in [0.15, 0.2) is 47.0 Å². The lowest BCUT2D eigenvalue weighted by Gasteiger charge is -2.18. The summed E-state index contributed by atoms with van der Waals surface area (Å²) in [7, 11) is 1.59. The predicted octanol–water partition coefficient (Wildman–Crippen LogP) is 4.73. The van der Waals surface area contributed by atoms with Crippen molar-refractivity contribution in [2.24, 2.45) is 0 Å². The van der Waals surface area contributed by atoms with Crippen molar-refractivity contribution in [1.82, 2.24) is 10.1 Å². The summed E-state index contributed by atoms with van der Waals surface area (Å²) in [6, 6.07) is 12.8. The molecule has 0 spiro atoms. The van der Waals surface area contributed by atoms with Crippen molar-refractivity contribution < 1.29 is 14.1 Å². The molecular formula is C18H17ClN2O3S. The van der Waals surface area contributed by atoms with E-state index in [1.165, 1.54) is 11.3 Å². The van der Waals surface area contributed by atoms with Gasteiger partial charge < -0.3 is 14.2 Å². The van der Waals surface area contributed by atoms with Gasteiger partial charge in [0.25, 0.3) is 5.91 Å². The third-order valence-corrected chi connectivity index (χ3v) is 4.96. The van der Waals surface area contributed by atoms with Gasteiger partial charge in [0.2, 0.25) is 0 Å². The summed E-state index contributed by atoms with van der Waals surface area (Å²) >= 11 is 7.42. The topological polar surface area (TPSA) is 55.6 Å². The summed E-state index contributed by atoms with van der Waals surface area (Å²) in [5.74, 6) is 0.978. The average molecular weight is 377 g/mol. The normalized spacial score (nSPS) is 10.7. The maximum absolute atomic E-state index is 12.7. The lowest BCUT2D eigenvalue weighted by Crippen LogP contribution is -2.30. The number of rotatable bonds is 6. The van der Waals surface area contributed by atoms with Crippen molar-refractivity contribution in [3.05, 3.63) is 57.4 Å². The van der Waals surface area contributed by atoms with Crippen LogP contribution in [-0.4, -0.2) is 29.6 Å². The van der Waals surface area contributed by atoms with Gasteiger partial charge in [0.05, 0.1) is 23.6 Å². The number of benzene rings is 1. The second-order valence-electron chi connectivity index (χ2n) is 5.30. The Kier molecular flexibility index (Phi) is 5.40. The monoisotopic (exact) mass is 376 g/mol. The molecule has 0 aliphatic carbocycles. The number of aromatic nitrogens is 1. The van der Waals surface area contributed by atoms with Crippen LogP contribution in [0.1, 0.15) is 22.3 Å². The highest BCUT2D eigenvalue weighted by atomic mass is 35.5. The van der Waals surface area contributed by atoms with Gasteiger partial charge in [-0.2, -0.15) is 0 Å². The lowest BCUT2D eigenvalue weighted by molar-refractivity contribution is 0.0744. The summed E-state index contributed by atoms with van der Waals surface area (Å²) in [5.41, 5.74) is 1.02. The third-order valence-electron chi connectivity index (χ3n) is 3.75. The SMILES string of the molecule is CCN(Cc1ccc(Cl)s1)C(=O)c1cc(-c2ccccc2OC)on1. The Morgan fingerprint density at radius 2 is 2.12 bits per heavy atom. The molecule has 0 fully saturated rings. The van der Waals surface area contributed by atoms with Crippen LogP contribution in [0.3, 0.4) is 0 Å². The molecule has 0 unspecified atom stereocenters. The number of para-hydroxylation sites is 1. The van der Waals surface area contributed by atoms with Gasteiger partial charge in [-0.05, 0) is 31.2 Å². The Morgan fingerprint density at radius 3 is 2.80 bits per heavy atom. The first-order valence-corrected chi connectivity index (χ1v) is 8.95. The van der Waals surface area contributed by atoms with Gasteiger partial charge in [-0.15, -0.1) is 11.3 Å². The fraction of sp³-hybridized carbons (Fsp3) is 0.222.